The zero-order valence-corrected chi connectivity index (χ0v) is 10.8. The monoisotopic (exact) mass is 241 g/mol. The number of nitrogens with one attached hydrogen (secondary N) is 1. The average Bonchev–Trinajstić information content (AvgIpc) is 2.27. The van der Waals surface area contributed by atoms with Gasteiger partial charge < -0.3 is 10.1 Å². The van der Waals surface area contributed by atoms with Gasteiger partial charge in [-0.2, -0.15) is 0 Å². The minimum atomic E-state index is 0.327. The van der Waals surface area contributed by atoms with E-state index in [1.54, 1.807) is 7.11 Å². The molecule has 0 aliphatic heterocycles. The molecule has 0 aromatic heterocycles. The minimum absolute atomic E-state index is 0.327. The van der Waals surface area contributed by atoms with Crippen molar-refractivity contribution in [1.82, 2.24) is 0 Å². The van der Waals surface area contributed by atoms with Crippen molar-refractivity contribution in [3.05, 3.63) is 29.8 Å². The molecule has 0 saturated carbocycles. The van der Waals surface area contributed by atoms with E-state index in [0.717, 1.165) is 24.4 Å². The molecule has 0 aliphatic carbocycles. The molecule has 1 unspecified atom stereocenters. The summed E-state index contributed by atoms with van der Waals surface area (Å²) in [5.74, 6) is 0.720. The van der Waals surface area contributed by atoms with Gasteiger partial charge in [0.05, 0.1) is 6.61 Å². The molecule has 1 aromatic rings. The fourth-order valence-electron chi connectivity index (χ4n) is 1.66. The Morgan fingerprint density at radius 1 is 1.44 bits per heavy atom. The van der Waals surface area contributed by atoms with Gasteiger partial charge in [0.15, 0.2) is 0 Å². The fourth-order valence-corrected chi connectivity index (χ4v) is 1.80. The van der Waals surface area contributed by atoms with Crippen LogP contribution < -0.4 is 5.32 Å². The van der Waals surface area contributed by atoms with Gasteiger partial charge in [-0.05, 0) is 37.5 Å². The quantitative estimate of drug-likeness (QED) is 0.740. The smallest absolute Gasteiger partial charge is 0.0661 e. The second-order valence-electron chi connectivity index (χ2n) is 3.99. The normalized spacial score (nSPS) is 12.4. The van der Waals surface area contributed by atoms with Crippen LogP contribution in [-0.2, 0) is 11.2 Å². The van der Waals surface area contributed by atoms with Gasteiger partial charge >= 0.3 is 0 Å². The standard InChI is InChI=1S/C13H20ClNO/c1-11(10-16-2)15-13-7-3-5-12(9-13)6-4-8-14/h3,5,7,9,11,15H,4,6,8,10H2,1-2H3. The maximum absolute atomic E-state index is 5.68. The highest BCUT2D eigenvalue weighted by atomic mass is 35.5. The summed E-state index contributed by atoms with van der Waals surface area (Å²) >= 11 is 5.68. The van der Waals surface area contributed by atoms with E-state index >= 15 is 0 Å². The van der Waals surface area contributed by atoms with Gasteiger partial charge in [-0.25, -0.2) is 0 Å². The average molecular weight is 242 g/mol. The first kappa shape index (κ1) is 13.3. The summed E-state index contributed by atoms with van der Waals surface area (Å²) in [5.41, 5.74) is 2.48. The molecule has 1 N–H and O–H groups in total. The van der Waals surface area contributed by atoms with Crippen LogP contribution in [0.25, 0.3) is 0 Å². The van der Waals surface area contributed by atoms with Crippen LogP contribution in [0.15, 0.2) is 24.3 Å². The van der Waals surface area contributed by atoms with Gasteiger partial charge in [-0.15, -0.1) is 11.6 Å². The molecule has 2 nitrogen and oxygen atoms in total. The molecule has 1 atom stereocenters. The van der Waals surface area contributed by atoms with Crippen molar-refractivity contribution >= 4 is 17.3 Å². The lowest BCUT2D eigenvalue weighted by molar-refractivity contribution is 0.190. The Balaban J connectivity index is 2.52. The summed E-state index contributed by atoms with van der Waals surface area (Å²) in [6.07, 6.45) is 2.07. The van der Waals surface area contributed by atoms with Crippen molar-refractivity contribution in [2.45, 2.75) is 25.8 Å². The summed E-state index contributed by atoms with van der Waals surface area (Å²) in [6.45, 7) is 2.82. The molecular formula is C13H20ClNO. The predicted molar refractivity (Wildman–Crippen MR) is 70.4 cm³/mol. The molecule has 90 valence electrons. The molecule has 16 heavy (non-hydrogen) atoms. The number of rotatable bonds is 7. The first-order chi connectivity index (χ1) is 7.76. The highest BCUT2D eigenvalue weighted by Crippen LogP contribution is 2.13. The number of methoxy groups -OCH3 is 1. The highest BCUT2D eigenvalue weighted by Gasteiger charge is 2.01. The van der Waals surface area contributed by atoms with Gasteiger partial charge in [-0.1, -0.05) is 12.1 Å². The van der Waals surface area contributed by atoms with Crippen molar-refractivity contribution in [3.8, 4) is 0 Å². The number of benzene rings is 1. The Morgan fingerprint density at radius 2 is 2.25 bits per heavy atom. The Labute approximate surface area is 103 Å². The Hall–Kier alpha value is -0.730. The van der Waals surface area contributed by atoms with E-state index in [1.165, 1.54) is 5.56 Å². The number of hydrogen-bond donors (Lipinski definition) is 1. The summed E-state index contributed by atoms with van der Waals surface area (Å²) in [6, 6.07) is 8.80. The first-order valence-corrected chi connectivity index (χ1v) is 6.20. The zero-order chi connectivity index (χ0) is 11.8. The summed E-state index contributed by atoms with van der Waals surface area (Å²) < 4.78 is 5.09. The van der Waals surface area contributed by atoms with Gasteiger partial charge in [0.1, 0.15) is 0 Å². The molecular weight excluding hydrogens is 222 g/mol. The zero-order valence-electron chi connectivity index (χ0n) is 10.0. The molecule has 0 radical (unpaired) electrons. The Bertz CT molecular complexity index is 304. The van der Waals surface area contributed by atoms with Crippen LogP contribution in [0.3, 0.4) is 0 Å². The third kappa shape index (κ3) is 4.86. The molecule has 0 fully saturated rings. The van der Waals surface area contributed by atoms with Gasteiger partial charge in [0.2, 0.25) is 0 Å². The maximum atomic E-state index is 5.68. The number of aryl methyl sites for hydroxylation is 1. The molecule has 0 heterocycles. The largest absolute Gasteiger partial charge is 0.383 e. The van der Waals surface area contributed by atoms with E-state index in [1.807, 2.05) is 0 Å². The van der Waals surface area contributed by atoms with Crippen molar-refractivity contribution in [3.63, 3.8) is 0 Å². The molecule has 3 heteroatoms. The van der Waals surface area contributed by atoms with Crippen molar-refractivity contribution in [1.29, 1.82) is 0 Å². The Kier molecular flexibility index (Phi) is 6.27. The van der Waals surface area contributed by atoms with Gasteiger partial charge in [0.25, 0.3) is 0 Å². The molecule has 0 aliphatic rings. The summed E-state index contributed by atoms with van der Waals surface area (Å²) in [4.78, 5) is 0. The molecule has 1 aromatic carbocycles. The van der Waals surface area contributed by atoms with Crippen molar-refractivity contribution < 1.29 is 4.74 Å². The van der Waals surface area contributed by atoms with Crippen LogP contribution in [0.2, 0.25) is 0 Å². The lowest BCUT2D eigenvalue weighted by Crippen LogP contribution is -2.20. The third-order valence-corrected chi connectivity index (χ3v) is 2.62. The van der Waals surface area contributed by atoms with Gasteiger partial charge in [-0.3, -0.25) is 0 Å². The van der Waals surface area contributed by atoms with E-state index in [0.29, 0.717) is 12.6 Å². The molecule has 0 spiro atoms. The van der Waals surface area contributed by atoms with E-state index < -0.39 is 0 Å². The van der Waals surface area contributed by atoms with Crippen molar-refractivity contribution in [2.75, 3.05) is 24.9 Å². The topological polar surface area (TPSA) is 21.3 Å². The van der Waals surface area contributed by atoms with Crippen LogP contribution in [0.4, 0.5) is 5.69 Å². The summed E-state index contributed by atoms with van der Waals surface area (Å²) in [5, 5.41) is 3.40. The predicted octanol–water partition coefficient (Wildman–Crippen LogP) is 3.30. The number of hydrogen-bond acceptors (Lipinski definition) is 2. The van der Waals surface area contributed by atoms with E-state index in [2.05, 4.69) is 36.5 Å². The highest BCUT2D eigenvalue weighted by molar-refractivity contribution is 6.17. The van der Waals surface area contributed by atoms with E-state index in [9.17, 15) is 0 Å². The van der Waals surface area contributed by atoms with E-state index in [4.69, 9.17) is 16.3 Å². The summed E-state index contributed by atoms with van der Waals surface area (Å²) in [7, 11) is 1.72. The fraction of sp³-hybridized carbons (Fsp3) is 0.538. The number of ether oxygens (including phenoxy) is 1. The lowest BCUT2D eigenvalue weighted by Gasteiger charge is -2.14. The van der Waals surface area contributed by atoms with Crippen LogP contribution >= 0.6 is 11.6 Å². The van der Waals surface area contributed by atoms with E-state index in [-0.39, 0.29) is 0 Å². The van der Waals surface area contributed by atoms with Crippen LogP contribution in [0.1, 0.15) is 18.9 Å². The van der Waals surface area contributed by atoms with Crippen LogP contribution in [-0.4, -0.2) is 25.6 Å². The molecule has 0 saturated heterocycles. The van der Waals surface area contributed by atoms with Crippen molar-refractivity contribution in [2.24, 2.45) is 0 Å². The molecule has 0 amide bonds. The molecule has 1 rings (SSSR count). The number of alkyl halides is 1. The Morgan fingerprint density at radius 3 is 2.94 bits per heavy atom. The second-order valence-corrected chi connectivity index (χ2v) is 4.37. The third-order valence-electron chi connectivity index (χ3n) is 2.36. The second kappa shape index (κ2) is 7.53. The SMILES string of the molecule is COCC(C)Nc1cccc(CCCCl)c1. The first-order valence-electron chi connectivity index (χ1n) is 5.66. The minimum Gasteiger partial charge on any atom is -0.383 e. The number of anilines is 1. The maximum Gasteiger partial charge on any atom is 0.0661 e. The number of halogens is 1. The van der Waals surface area contributed by atoms with Crippen LogP contribution in [0, 0.1) is 0 Å². The molecule has 0 bridgehead atoms. The lowest BCUT2D eigenvalue weighted by atomic mass is 10.1. The van der Waals surface area contributed by atoms with Crippen LogP contribution in [0.5, 0.6) is 0 Å². The van der Waals surface area contributed by atoms with Gasteiger partial charge in [0, 0.05) is 24.7 Å².